The average Bonchev–Trinajstić information content (AvgIpc) is 2.13. The van der Waals surface area contributed by atoms with Crippen LogP contribution in [0.4, 0.5) is 10.1 Å². The van der Waals surface area contributed by atoms with E-state index in [4.69, 9.17) is 17.3 Å². The van der Waals surface area contributed by atoms with Crippen LogP contribution in [0.3, 0.4) is 0 Å². The molecule has 1 rings (SSSR count). The van der Waals surface area contributed by atoms with Crippen molar-refractivity contribution >= 4 is 23.2 Å². The van der Waals surface area contributed by atoms with Gasteiger partial charge in [0.05, 0.1) is 10.7 Å². The summed E-state index contributed by atoms with van der Waals surface area (Å²) in [7, 11) is 0. The zero-order chi connectivity index (χ0) is 10.6. The van der Waals surface area contributed by atoms with E-state index in [1.54, 1.807) is 6.07 Å². The molecule has 0 aliphatic carbocycles. The molecule has 1 aromatic rings. The van der Waals surface area contributed by atoms with E-state index in [9.17, 15) is 9.18 Å². The van der Waals surface area contributed by atoms with Crippen LogP contribution in [-0.4, -0.2) is 12.5 Å². The Balaban J connectivity index is 2.76. The maximum atomic E-state index is 13.2. The van der Waals surface area contributed by atoms with Crippen molar-refractivity contribution in [2.45, 2.75) is 6.42 Å². The van der Waals surface area contributed by atoms with Gasteiger partial charge >= 0.3 is 0 Å². The van der Waals surface area contributed by atoms with Crippen LogP contribution in [0.1, 0.15) is 6.42 Å². The molecule has 1 aromatic carbocycles. The van der Waals surface area contributed by atoms with Crippen molar-refractivity contribution in [3.8, 4) is 0 Å². The lowest BCUT2D eigenvalue weighted by Gasteiger charge is -2.05. The Kier molecular flexibility index (Phi) is 3.85. The minimum Gasteiger partial charge on any atom is -0.330 e. The van der Waals surface area contributed by atoms with Gasteiger partial charge in [0.25, 0.3) is 0 Å². The molecule has 0 saturated heterocycles. The number of anilines is 1. The lowest BCUT2D eigenvalue weighted by molar-refractivity contribution is -0.116. The second-order valence-corrected chi connectivity index (χ2v) is 3.10. The van der Waals surface area contributed by atoms with Gasteiger partial charge < -0.3 is 11.1 Å². The van der Waals surface area contributed by atoms with Gasteiger partial charge in [-0.1, -0.05) is 17.7 Å². The molecule has 0 aromatic heterocycles. The molecule has 14 heavy (non-hydrogen) atoms. The summed E-state index contributed by atoms with van der Waals surface area (Å²) in [5.41, 5.74) is 5.25. The van der Waals surface area contributed by atoms with E-state index in [-0.39, 0.29) is 29.6 Å². The predicted molar refractivity (Wildman–Crippen MR) is 53.7 cm³/mol. The summed E-state index contributed by atoms with van der Waals surface area (Å²) >= 11 is 5.52. The Morgan fingerprint density at radius 1 is 1.57 bits per heavy atom. The normalized spacial score (nSPS) is 9.93. The van der Waals surface area contributed by atoms with Crippen molar-refractivity contribution in [3.63, 3.8) is 0 Å². The molecule has 0 unspecified atom stereocenters. The maximum absolute atomic E-state index is 13.2. The Labute approximate surface area is 86.0 Å². The third kappa shape index (κ3) is 2.68. The van der Waals surface area contributed by atoms with Crippen LogP contribution < -0.4 is 11.1 Å². The van der Waals surface area contributed by atoms with Crippen LogP contribution in [-0.2, 0) is 4.79 Å². The smallest absolute Gasteiger partial charge is 0.225 e. The first-order valence-electron chi connectivity index (χ1n) is 4.09. The molecule has 0 heterocycles. The van der Waals surface area contributed by atoms with Gasteiger partial charge in [0.1, 0.15) is 0 Å². The van der Waals surface area contributed by atoms with E-state index in [1.807, 2.05) is 0 Å². The second kappa shape index (κ2) is 4.93. The number of hydrogen-bond acceptors (Lipinski definition) is 2. The largest absolute Gasteiger partial charge is 0.330 e. The highest BCUT2D eigenvalue weighted by atomic mass is 35.5. The number of hydrogen-bond donors (Lipinski definition) is 2. The SMILES string of the molecule is NCCC(=O)Nc1cccc(Cl)c1F. The maximum Gasteiger partial charge on any atom is 0.225 e. The molecule has 3 nitrogen and oxygen atoms in total. The summed E-state index contributed by atoms with van der Waals surface area (Å²) in [6.07, 6.45) is 0.159. The van der Waals surface area contributed by atoms with Gasteiger partial charge in [-0.2, -0.15) is 0 Å². The van der Waals surface area contributed by atoms with Crippen molar-refractivity contribution in [1.82, 2.24) is 0 Å². The molecule has 0 bridgehead atoms. The van der Waals surface area contributed by atoms with Gasteiger partial charge in [0, 0.05) is 13.0 Å². The van der Waals surface area contributed by atoms with Gasteiger partial charge in [-0.05, 0) is 12.1 Å². The minimum atomic E-state index is -0.625. The van der Waals surface area contributed by atoms with Crippen molar-refractivity contribution in [1.29, 1.82) is 0 Å². The molecule has 3 N–H and O–H groups in total. The topological polar surface area (TPSA) is 55.1 Å². The molecular weight excluding hydrogens is 207 g/mol. The van der Waals surface area contributed by atoms with Crippen LogP contribution in [0, 0.1) is 5.82 Å². The number of nitrogens with one attached hydrogen (secondary N) is 1. The van der Waals surface area contributed by atoms with E-state index in [1.165, 1.54) is 12.1 Å². The zero-order valence-electron chi connectivity index (χ0n) is 7.39. The summed E-state index contributed by atoms with van der Waals surface area (Å²) in [6.45, 7) is 0.230. The third-order valence-electron chi connectivity index (χ3n) is 1.60. The van der Waals surface area contributed by atoms with Crippen LogP contribution in [0.15, 0.2) is 18.2 Å². The molecule has 0 atom stereocenters. The molecule has 0 fully saturated rings. The standard InChI is InChI=1S/C9H10ClFN2O/c10-6-2-1-3-7(9(6)11)13-8(14)4-5-12/h1-3H,4-5,12H2,(H,13,14). The summed E-state index contributed by atoms with van der Waals surface area (Å²) in [5, 5.41) is 2.36. The van der Waals surface area contributed by atoms with Gasteiger partial charge in [-0.25, -0.2) is 4.39 Å². The third-order valence-corrected chi connectivity index (χ3v) is 1.89. The molecule has 0 aliphatic heterocycles. The zero-order valence-corrected chi connectivity index (χ0v) is 8.14. The van der Waals surface area contributed by atoms with E-state index in [0.29, 0.717) is 0 Å². The number of amides is 1. The highest BCUT2D eigenvalue weighted by molar-refractivity contribution is 6.31. The summed E-state index contributed by atoms with van der Waals surface area (Å²) in [6, 6.07) is 4.41. The Morgan fingerprint density at radius 3 is 2.93 bits per heavy atom. The van der Waals surface area contributed by atoms with Crippen LogP contribution >= 0.6 is 11.6 Å². The quantitative estimate of drug-likeness (QED) is 0.809. The minimum absolute atomic E-state index is 0.0180. The molecule has 76 valence electrons. The fourth-order valence-electron chi connectivity index (χ4n) is 0.944. The van der Waals surface area contributed by atoms with Gasteiger partial charge in [0.15, 0.2) is 5.82 Å². The fourth-order valence-corrected chi connectivity index (χ4v) is 1.12. The van der Waals surface area contributed by atoms with Crippen LogP contribution in [0.5, 0.6) is 0 Å². The molecule has 0 radical (unpaired) electrons. The van der Waals surface area contributed by atoms with E-state index in [2.05, 4.69) is 5.32 Å². The van der Waals surface area contributed by atoms with E-state index in [0.717, 1.165) is 0 Å². The highest BCUT2D eigenvalue weighted by Gasteiger charge is 2.08. The average molecular weight is 217 g/mol. The van der Waals surface area contributed by atoms with Crippen LogP contribution in [0.25, 0.3) is 0 Å². The van der Waals surface area contributed by atoms with Crippen molar-refractivity contribution in [2.75, 3.05) is 11.9 Å². The number of carbonyl (C=O) groups is 1. The molecule has 0 saturated carbocycles. The first-order chi connectivity index (χ1) is 6.65. The first-order valence-corrected chi connectivity index (χ1v) is 4.47. The highest BCUT2D eigenvalue weighted by Crippen LogP contribution is 2.21. The molecule has 5 heteroatoms. The van der Waals surface area contributed by atoms with Crippen molar-refractivity contribution in [2.24, 2.45) is 5.73 Å². The lowest BCUT2D eigenvalue weighted by atomic mass is 10.3. The van der Waals surface area contributed by atoms with Gasteiger partial charge in [-0.3, -0.25) is 4.79 Å². The first kappa shape index (κ1) is 10.9. The van der Waals surface area contributed by atoms with Gasteiger partial charge in [0.2, 0.25) is 5.91 Å². The van der Waals surface area contributed by atoms with Crippen molar-refractivity contribution < 1.29 is 9.18 Å². The fraction of sp³-hybridized carbons (Fsp3) is 0.222. The predicted octanol–water partition coefficient (Wildman–Crippen LogP) is 1.77. The molecular formula is C9H10ClFN2O. The van der Waals surface area contributed by atoms with E-state index >= 15 is 0 Å². The van der Waals surface area contributed by atoms with Gasteiger partial charge in [-0.15, -0.1) is 0 Å². The van der Waals surface area contributed by atoms with Crippen molar-refractivity contribution in [3.05, 3.63) is 29.0 Å². The molecule has 1 amide bonds. The summed E-state index contributed by atoms with van der Waals surface area (Å²) < 4.78 is 13.2. The van der Waals surface area contributed by atoms with E-state index < -0.39 is 5.82 Å². The number of benzene rings is 1. The number of nitrogens with two attached hydrogens (primary N) is 1. The second-order valence-electron chi connectivity index (χ2n) is 2.69. The summed E-state index contributed by atoms with van der Waals surface area (Å²) in [4.78, 5) is 11.1. The Hall–Kier alpha value is -1.13. The Bertz CT molecular complexity index is 344. The number of halogens is 2. The molecule has 0 spiro atoms. The monoisotopic (exact) mass is 216 g/mol. The number of rotatable bonds is 3. The van der Waals surface area contributed by atoms with Crippen LogP contribution in [0.2, 0.25) is 5.02 Å². The Morgan fingerprint density at radius 2 is 2.29 bits per heavy atom. The number of carbonyl (C=O) groups excluding carboxylic acids is 1. The molecule has 0 aliphatic rings. The summed E-state index contributed by atoms with van der Waals surface area (Å²) in [5.74, 6) is -0.951. The lowest BCUT2D eigenvalue weighted by Crippen LogP contribution is -2.16.